The molecule has 0 aliphatic heterocycles. The summed E-state index contributed by atoms with van der Waals surface area (Å²) in [5.41, 5.74) is 18.7. The van der Waals surface area contributed by atoms with Gasteiger partial charge in [0.25, 0.3) is 0 Å². The molecule has 0 unspecified atom stereocenters. The Morgan fingerprint density at radius 3 is 1.98 bits per heavy atom. The first-order chi connectivity index (χ1) is 27.3. The van der Waals surface area contributed by atoms with Gasteiger partial charge in [-0.15, -0.1) is 0 Å². The second-order valence-corrected chi connectivity index (χ2v) is 16.0. The minimum Gasteiger partial charge on any atom is -0.454 e. The number of hydrogen-bond acceptors (Lipinski definition) is 2. The second-order valence-electron chi connectivity index (χ2n) is 16.0. The van der Waals surface area contributed by atoms with E-state index in [2.05, 4.69) is 201 Å². The molecule has 11 rings (SSSR count). The average Bonchev–Trinajstić information content (AvgIpc) is 3.84. The van der Waals surface area contributed by atoms with E-state index in [0.717, 1.165) is 39.0 Å². The maximum absolute atomic E-state index is 6.66. The fraction of sp³-hybridized carbons (Fsp3) is 0.0943. The molecule has 1 aliphatic rings. The molecule has 0 spiro atoms. The molecule has 268 valence electrons. The molecule has 0 atom stereocenters. The Morgan fingerprint density at radius 1 is 0.482 bits per heavy atom. The second kappa shape index (κ2) is 12.1. The van der Waals surface area contributed by atoms with Crippen LogP contribution in [0.2, 0.25) is 0 Å². The molecule has 0 bridgehead atoms. The maximum Gasteiger partial charge on any atom is 0.159 e. The van der Waals surface area contributed by atoms with Crippen LogP contribution in [0.3, 0.4) is 0 Å². The molecular weight excluding hydrogens is 681 g/mol. The largest absolute Gasteiger partial charge is 0.454 e. The Bertz CT molecular complexity index is 3170. The van der Waals surface area contributed by atoms with E-state index >= 15 is 0 Å². The predicted molar refractivity (Wildman–Crippen MR) is 235 cm³/mol. The van der Waals surface area contributed by atoms with Gasteiger partial charge in [0.15, 0.2) is 5.58 Å². The van der Waals surface area contributed by atoms with E-state index in [-0.39, 0.29) is 5.41 Å². The van der Waals surface area contributed by atoms with Crippen molar-refractivity contribution in [2.45, 2.75) is 33.1 Å². The van der Waals surface area contributed by atoms with Crippen molar-refractivity contribution in [2.24, 2.45) is 0 Å². The normalized spacial score (nSPS) is 13.1. The zero-order valence-corrected chi connectivity index (χ0v) is 32.0. The van der Waals surface area contributed by atoms with Gasteiger partial charge < -0.3 is 13.9 Å². The number of fused-ring (bicyclic) bond motifs is 9. The third kappa shape index (κ3) is 4.84. The van der Waals surface area contributed by atoms with Crippen molar-refractivity contribution in [3.63, 3.8) is 0 Å². The van der Waals surface area contributed by atoms with Gasteiger partial charge >= 0.3 is 0 Å². The fourth-order valence-corrected chi connectivity index (χ4v) is 9.48. The lowest BCUT2D eigenvalue weighted by molar-refractivity contribution is 0.660. The lowest BCUT2D eigenvalue weighted by Crippen LogP contribution is -2.16. The van der Waals surface area contributed by atoms with E-state index in [9.17, 15) is 0 Å². The van der Waals surface area contributed by atoms with Crippen LogP contribution in [0.25, 0.3) is 71.7 Å². The first-order valence-electron chi connectivity index (χ1n) is 19.5. The van der Waals surface area contributed by atoms with E-state index < -0.39 is 0 Å². The van der Waals surface area contributed by atoms with Crippen molar-refractivity contribution in [3.05, 3.63) is 192 Å². The first kappa shape index (κ1) is 32.6. The highest BCUT2D eigenvalue weighted by atomic mass is 16.3. The molecule has 0 fully saturated rings. The fourth-order valence-electron chi connectivity index (χ4n) is 9.48. The van der Waals surface area contributed by atoms with Gasteiger partial charge in [-0.1, -0.05) is 117 Å². The molecule has 3 heteroatoms. The molecule has 10 aromatic rings. The number of aryl methyl sites for hydroxylation is 2. The summed E-state index contributed by atoms with van der Waals surface area (Å²) in [7, 11) is 0. The molecule has 3 nitrogen and oxygen atoms in total. The van der Waals surface area contributed by atoms with Gasteiger partial charge in [-0.3, -0.25) is 0 Å². The number of furan rings is 1. The summed E-state index contributed by atoms with van der Waals surface area (Å²) in [6, 6.07) is 62.2. The van der Waals surface area contributed by atoms with Gasteiger partial charge in [0.1, 0.15) is 5.58 Å². The van der Waals surface area contributed by atoms with Crippen LogP contribution in [0, 0.1) is 13.8 Å². The summed E-state index contributed by atoms with van der Waals surface area (Å²) in [5.74, 6) is 0. The summed E-state index contributed by atoms with van der Waals surface area (Å²) in [6.07, 6.45) is 0. The molecule has 2 heterocycles. The monoisotopic (exact) mass is 720 g/mol. The molecule has 0 saturated heterocycles. The topological polar surface area (TPSA) is 21.3 Å². The molecule has 2 aromatic heterocycles. The van der Waals surface area contributed by atoms with E-state index in [1.54, 1.807) is 0 Å². The summed E-state index contributed by atoms with van der Waals surface area (Å²) in [5, 5.41) is 4.74. The van der Waals surface area contributed by atoms with E-state index in [1.807, 2.05) is 6.07 Å². The predicted octanol–water partition coefficient (Wildman–Crippen LogP) is 14.7. The van der Waals surface area contributed by atoms with Crippen molar-refractivity contribution in [1.29, 1.82) is 0 Å². The molecular formula is C53H40N2O. The highest BCUT2D eigenvalue weighted by molar-refractivity contribution is 6.11. The third-order valence-corrected chi connectivity index (χ3v) is 12.0. The molecule has 56 heavy (non-hydrogen) atoms. The molecule has 0 amide bonds. The highest BCUT2D eigenvalue weighted by Crippen LogP contribution is 2.51. The number of hydrogen-bond donors (Lipinski definition) is 0. The van der Waals surface area contributed by atoms with E-state index in [0.29, 0.717) is 0 Å². The molecule has 0 N–H and O–H groups in total. The SMILES string of the molecule is Cc1cc(C)cc(-n2c3ccccc3c3cc(-c4ccc(N(c5ccc6c(c5)C(C)(C)c5ccccc5-6)c5cccc6c5oc5ccccc56)cc4)ccc32)c1. The molecule has 8 aromatic carbocycles. The van der Waals surface area contributed by atoms with Gasteiger partial charge in [0.2, 0.25) is 0 Å². The number of anilines is 3. The summed E-state index contributed by atoms with van der Waals surface area (Å²) in [6.45, 7) is 9.04. The highest BCUT2D eigenvalue weighted by Gasteiger charge is 2.36. The molecule has 0 saturated carbocycles. The Hall–Kier alpha value is -6.84. The van der Waals surface area contributed by atoms with Crippen molar-refractivity contribution in [1.82, 2.24) is 4.57 Å². The van der Waals surface area contributed by atoms with Crippen molar-refractivity contribution in [2.75, 3.05) is 4.90 Å². The van der Waals surface area contributed by atoms with Crippen LogP contribution in [-0.2, 0) is 5.41 Å². The van der Waals surface area contributed by atoms with Crippen molar-refractivity contribution >= 4 is 60.8 Å². The van der Waals surface area contributed by atoms with Crippen LogP contribution in [0.4, 0.5) is 17.1 Å². The van der Waals surface area contributed by atoms with Crippen LogP contribution < -0.4 is 4.90 Å². The van der Waals surface area contributed by atoms with Gasteiger partial charge in [0.05, 0.1) is 16.7 Å². The Morgan fingerprint density at radius 2 is 1.14 bits per heavy atom. The minimum absolute atomic E-state index is 0.122. The van der Waals surface area contributed by atoms with Crippen LogP contribution >= 0.6 is 0 Å². The summed E-state index contributed by atoms with van der Waals surface area (Å²) < 4.78 is 9.07. The first-order valence-corrected chi connectivity index (χ1v) is 19.5. The Labute approximate surface area is 326 Å². The van der Waals surface area contributed by atoms with Gasteiger partial charge in [0, 0.05) is 44.0 Å². The standard InChI is InChI=1S/C53H40N2O/c1-33-28-34(2)30-39(29-33)55-48-17-9-6-13-42(48)45-31-36(22-27-49(45)55)35-20-23-37(24-21-35)54(50-18-11-15-44-43-14-7-10-19-51(43)56-52(44)50)38-25-26-41-40-12-5-8-16-46(40)53(3,4)47(41)32-38/h5-32H,1-4H3. The molecule has 0 radical (unpaired) electrons. The maximum atomic E-state index is 6.66. The zero-order valence-electron chi connectivity index (χ0n) is 32.0. The number of rotatable bonds is 5. The van der Waals surface area contributed by atoms with Gasteiger partial charge in [-0.05, 0) is 125 Å². The molecule has 1 aliphatic carbocycles. The van der Waals surface area contributed by atoms with Crippen molar-refractivity contribution in [3.8, 4) is 27.9 Å². The number of para-hydroxylation sites is 3. The Balaban J connectivity index is 1.06. The van der Waals surface area contributed by atoms with Crippen LogP contribution in [0.1, 0.15) is 36.1 Å². The van der Waals surface area contributed by atoms with E-state index in [4.69, 9.17) is 4.42 Å². The third-order valence-electron chi connectivity index (χ3n) is 12.0. The summed E-state index contributed by atoms with van der Waals surface area (Å²) >= 11 is 0. The lowest BCUT2D eigenvalue weighted by Gasteiger charge is -2.28. The minimum atomic E-state index is -0.122. The summed E-state index contributed by atoms with van der Waals surface area (Å²) in [4.78, 5) is 2.37. The van der Waals surface area contributed by atoms with E-state index in [1.165, 1.54) is 72.0 Å². The van der Waals surface area contributed by atoms with Crippen molar-refractivity contribution < 1.29 is 4.42 Å². The zero-order chi connectivity index (χ0) is 37.7. The lowest BCUT2D eigenvalue weighted by atomic mass is 9.82. The van der Waals surface area contributed by atoms with Gasteiger partial charge in [-0.25, -0.2) is 0 Å². The van der Waals surface area contributed by atoms with Crippen LogP contribution in [0.5, 0.6) is 0 Å². The number of aromatic nitrogens is 1. The number of nitrogens with zero attached hydrogens (tertiary/aromatic N) is 2. The quantitative estimate of drug-likeness (QED) is 0.177. The average molecular weight is 721 g/mol. The number of benzene rings is 8. The van der Waals surface area contributed by atoms with Gasteiger partial charge in [-0.2, -0.15) is 0 Å². The van der Waals surface area contributed by atoms with Crippen LogP contribution in [-0.4, -0.2) is 4.57 Å². The van der Waals surface area contributed by atoms with Crippen LogP contribution in [0.15, 0.2) is 174 Å². The smallest absolute Gasteiger partial charge is 0.159 e. The Kier molecular flexibility index (Phi) is 7.03.